The van der Waals surface area contributed by atoms with Gasteiger partial charge >= 0.3 is 5.00 Å². The summed E-state index contributed by atoms with van der Waals surface area (Å²) in [6.45, 7) is 6.71. The molecule has 7 heteroatoms. The van der Waals surface area contributed by atoms with E-state index in [0.717, 1.165) is 30.8 Å². The van der Waals surface area contributed by atoms with Crippen molar-refractivity contribution in [3.05, 3.63) is 62.5 Å². The van der Waals surface area contributed by atoms with E-state index in [1.807, 2.05) is 0 Å². The summed E-state index contributed by atoms with van der Waals surface area (Å²) in [7, 11) is 0. The molecule has 0 bridgehead atoms. The number of amides is 1. The van der Waals surface area contributed by atoms with E-state index in [9.17, 15) is 14.9 Å². The quantitative estimate of drug-likeness (QED) is 0.621. The second kappa shape index (κ2) is 7.97. The molecule has 1 amide bonds. The Bertz CT molecular complexity index is 803. The van der Waals surface area contributed by atoms with Crippen molar-refractivity contribution in [1.29, 1.82) is 0 Å². The Morgan fingerprint density at radius 2 is 2.00 bits per heavy atom. The van der Waals surface area contributed by atoms with Gasteiger partial charge in [-0.2, -0.15) is 0 Å². The number of benzene rings is 1. The van der Waals surface area contributed by atoms with Crippen molar-refractivity contribution < 1.29 is 9.72 Å². The first-order valence-electron chi connectivity index (χ1n) is 8.79. The fraction of sp³-hybridized carbons (Fsp3) is 0.421. The molecule has 0 radical (unpaired) electrons. The van der Waals surface area contributed by atoms with Gasteiger partial charge in [-0.05, 0) is 29.5 Å². The van der Waals surface area contributed by atoms with Crippen LogP contribution in [0, 0.1) is 16.0 Å². The van der Waals surface area contributed by atoms with E-state index in [2.05, 4.69) is 48.3 Å². The minimum atomic E-state index is -0.469. The predicted octanol–water partition coefficient (Wildman–Crippen LogP) is 3.47. The number of carbonyl (C=O) groups is 1. The molecule has 1 aliphatic rings. The lowest BCUT2D eigenvalue weighted by Gasteiger charge is -2.38. The highest BCUT2D eigenvalue weighted by Crippen LogP contribution is 2.25. The van der Waals surface area contributed by atoms with Gasteiger partial charge in [0.15, 0.2) is 0 Å². The molecule has 0 saturated heterocycles. The standard InChI is InChI=1S/C19H23N3O3S/c1-13(2)16(21-10-9-14-5-3-4-6-15(14)12-21)11-20-19(23)17-7-8-18(26-17)22(24)25/h3-8,13,16H,9-12H2,1-2H3,(H,20,23)/t16-/m1/s1. The zero-order valence-corrected chi connectivity index (χ0v) is 15.8. The van der Waals surface area contributed by atoms with Gasteiger partial charge < -0.3 is 5.32 Å². The molecule has 0 fully saturated rings. The van der Waals surface area contributed by atoms with Crippen LogP contribution < -0.4 is 5.32 Å². The van der Waals surface area contributed by atoms with Gasteiger partial charge in [-0.1, -0.05) is 49.4 Å². The van der Waals surface area contributed by atoms with Crippen LogP contribution >= 0.6 is 11.3 Å². The molecule has 0 aliphatic carbocycles. The number of nitrogens with one attached hydrogen (secondary N) is 1. The lowest BCUT2D eigenvalue weighted by molar-refractivity contribution is -0.380. The number of hydrogen-bond donors (Lipinski definition) is 1. The summed E-state index contributed by atoms with van der Waals surface area (Å²) in [5.74, 6) is 0.143. The normalized spacial score (nSPS) is 15.5. The highest BCUT2D eigenvalue weighted by atomic mass is 32.1. The number of fused-ring (bicyclic) bond motifs is 1. The molecular weight excluding hydrogens is 350 g/mol. The molecule has 138 valence electrons. The third-order valence-electron chi connectivity index (χ3n) is 4.87. The Kier molecular flexibility index (Phi) is 5.68. The number of carbonyl (C=O) groups excluding carboxylic acids is 1. The maximum absolute atomic E-state index is 12.3. The third kappa shape index (κ3) is 4.11. The Labute approximate surface area is 157 Å². The van der Waals surface area contributed by atoms with Crippen molar-refractivity contribution in [2.24, 2.45) is 5.92 Å². The molecule has 1 aliphatic heterocycles. The molecule has 26 heavy (non-hydrogen) atoms. The summed E-state index contributed by atoms with van der Waals surface area (Å²) in [4.78, 5) is 25.5. The highest BCUT2D eigenvalue weighted by Gasteiger charge is 2.26. The van der Waals surface area contributed by atoms with Crippen molar-refractivity contribution >= 4 is 22.2 Å². The molecule has 1 atom stereocenters. The number of hydrogen-bond acceptors (Lipinski definition) is 5. The average Bonchev–Trinajstić information content (AvgIpc) is 3.12. The number of nitrogens with zero attached hydrogens (tertiary/aromatic N) is 2. The highest BCUT2D eigenvalue weighted by molar-refractivity contribution is 7.17. The average molecular weight is 373 g/mol. The van der Waals surface area contributed by atoms with Gasteiger partial charge in [0.1, 0.15) is 0 Å². The molecule has 1 aromatic carbocycles. The molecular formula is C19H23N3O3S. The van der Waals surface area contributed by atoms with Gasteiger partial charge in [-0.25, -0.2) is 0 Å². The Morgan fingerprint density at radius 3 is 2.65 bits per heavy atom. The molecule has 2 heterocycles. The maximum atomic E-state index is 12.3. The summed E-state index contributed by atoms with van der Waals surface area (Å²) in [6.07, 6.45) is 1.02. The molecule has 0 unspecified atom stereocenters. The first kappa shape index (κ1) is 18.5. The van der Waals surface area contributed by atoms with Crippen LogP contribution in [0.25, 0.3) is 0 Å². The SMILES string of the molecule is CC(C)[C@@H](CNC(=O)c1ccc([N+](=O)[O-])s1)N1CCc2ccccc2C1. The Morgan fingerprint density at radius 1 is 1.27 bits per heavy atom. The molecule has 0 spiro atoms. The zero-order valence-electron chi connectivity index (χ0n) is 15.0. The maximum Gasteiger partial charge on any atom is 0.324 e. The van der Waals surface area contributed by atoms with Gasteiger partial charge in [-0.15, -0.1) is 0 Å². The molecule has 2 aromatic rings. The summed E-state index contributed by atoms with van der Waals surface area (Å²) >= 11 is 0.911. The summed E-state index contributed by atoms with van der Waals surface area (Å²) in [5.41, 5.74) is 2.76. The van der Waals surface area contributed by atoms with Crippen LogP contribution in [0.3, 0.4) is 0 Å². The molecule has 6 nitrogen and oxygen atoms in total. The smallest absolute Gasteiger partial charge is 0.324 e. The van der Waals surface area contributed by atoms with E-state index in [1.54, 1.807) is 0 Å². The Balaban J connectivity index is 1.64. The van der Waals surface area contributed by atoms with E-state index in [1.165, 1.54) is 23.3 Å². The van der Waals surface area contributed by atoms with Crippen LogP contribution in [-0.2, 0) is 13.0 Å². The van der Waals surface area contributed by atoms with Gasteiger partial charge in [0, 0.05) is 31.7 Å². The van der Waals surface area contributed by atoms with E-state index < -0.39 is 4.92 Å². The van der Waals surface area contributed by atoms with Crippen LogP contribution in [0.1, 0.15) is 34.6 Å². The monoisotopic (exact) mass is 373 g/mol. The number of nitro groups is 1. The summed E-state index contributed by atoms with van der Waals surface area (Å²) in [6, 6.07) is 11.6. The van der Waals surface area contributed by atoms with Crippen molar-refractivity contribution in [3.63, 3.8) is 0 Å². The van der Waals surface area contributed by atoms with Crippen LogP contribution in [0.4, 0.5) is 5.00 Å². The van der Waals surface area contributed by atoms with Gasteiger partial charge in [0.05, 0.1) is 9.80 Å². The fourth-order valence-electron chi connectivity index (χ4n) is 3.42. The van der Waals surface area contributed by atoms with Crippen molar-refractivity contribution in [2.45, 2.75) is 32.9 Å². The molecule has 1 N–H and O–H groups in total. The van der Waals surface area contributed by atoms with Gasteiger partial charge in [-0.3, -0.25) is 19.8 Å². The predicted molar refractivity (Wildman–Crippen MR) is 102 cm³/mol. The number of rotatable bonds is 6. The largest absolute Gasteiger partial charge is 0.350 e. The van der Waals surface area contributed by atoms with Gasteiger partial charge in [0.2, 0.25) is 0 Å². The second-order valence-corrected chi connectivity index (χ2v) is 7.97. The van der Waals surface area contributed by atoms with E-state index >= 15 is 0 Å². The Hall–Kier alpha value is -2.25. The zero-order chi connectivity index (χ0) is 18.7. The minimum absolute atomic E-state index is 0.0109. The van der Waals surface area contributed by atoms with E-state index in [0.29, 0.717) is 17.3 Å². The summed E-state index contributed by atoms with van der Waals surface area (Å²) < 4.78 is 0. The molecule has 0 saturated carbocycles. The van der Waals surface area contributed by atoms with Crippen LogP contribution in [-0.4, -0.2) is 34.9 Å². The third-order valence-corrected chi connectivity index (χ3v) is 5.90. The summed E-state index contributed by atoms with van der Waals surface area (Å²) in [5, 5.41) is 13.7. The minimum Gasteiger partial charge on any atom is -0.350 e. The molecule has 3 rings (SSSR count). The van der Waals surface area contributed by atoms with Crippen molar-refractivity contribution in [2.75, 3.05) is 13.1 Å². The molecule has 1 aromatic heterocycles. The van der Waals surface area contributed by atoms with E-state index in [-0.39, 0.29) is 17.0 Å². The van der Waals surface area contributed by atoms with Crippen LogP contribution in [0.2, 0.25) is 0 Å². The first-order valence-corrected chi connectivity index (χ1v) is 9.60. The number of thiophene rings is 1. The van der Waals surface area contributed by atoms with Crippen molar-refractivity contribution in [3.8, 4) is 0 Å². The van der Waals surface area contributed by atoms with Crippen molar-refractivity contribution in [1.82, 2.24) is 10.2 Å². The fourth-order valence-corrected chi connectivity index (χ4v) is 4.16. The van der Waals surface area contributed by atoms with Gasteiger partial charge in [0.25, 0.3) is 5.91 Å². The van der Waals surface area contributed by atoms with E-state index in [4.69, 9.17) is 0 Å². The van der Waals surface area contributed by atoms with Crippen LogP contribution in [0.15, 0.2) is 36.4 Å². The lowest BCUT2D eigenvalue weighted by Crippen LogP contribution is -2.48. The topological polar surface area (TPSA) is 75.5 Å². The first-order chi connectivity index (χ1) is 12.5. The lowest BCUT2D eigenvalue weighted by atomic mass is 9.95. The van der Waals surface area contributed by atoms with Crippen LogP contribution in [0.5, 0.6) is 0 Å². The second-order valence-electron chi connectivity index (χ2n) is 6.91.